The minimum absolute atomic E-state index is 0.0558. The Hall–Kier alpha value is -1.53. The van der Waals surface area contributed by atoms with E-state index in [1.807, 2.05) is 0 Å². The molecular weight excluding hydrogens is 276 g/mol. The minimum Gasteiger partial charge on any atom is -0.356 e. The van der Waals surface area contributed by atoms with Crippen LogP contribution in [0, 0.1) is 11.6 Å². The number of carbonyl (C=O) groups is 1. The van der Waals surface area contributed by atoms with Gasteiger partial charge in [-0.15, -0.1) is 0 Å². The summed E-state index contributed by atoms with van der Waals surface area (Å²) in [5.74, 6) is -1.54. The molecule has 0 bridgehead atoms. The molecule has 1 aromatic rings. The highest BCUT2D eigenvalue weighted by Crippen LogP contribution is 2.10. The van der Waals surface area contributed by atoms with Crippen LogP contribution in [0.25, 0.3) is 0 Å². The second-order valence-electron chi connectivity index (χ2n) is 5.21. The monoisotopic (exact) mass is 297 g/mol. The van der Waals surface area contributed by atoms with Gasteiger partial charge in [-0.05, 0) is 24.6 Å². The van der Waals surface area contributed by atoms with Gasteiger partial charge in [0.15, 0.2) is 0 Å². The zero-order valence-corrected chi connectivity index (χ0v) is 12.0. The molecule has 0 aliphatic carbocycles. The molecule has 0 radical (unpaired) electrons. The van der Waals surface area contributed by atoms with E-state index in [0.717, 1.165) is 51.3 Å². The van der Waals surface area contributed by atoms with E-state index in [-0.39, 0.29) is 17.9 Å². The summed E-state index contributed by atoms with van der Waals surface area (Å²) < 4.78 is 26.2. The first-order chi connectivity index (χ1) is 10.1. The number of amides is 1. The largest absolute Gasteiger partial charge is 0.356 e. The third-order valence-corrected chi connectivity index (χ3v) is 3.55. The van der Waals surface area contributed by atoms with Crippen molar-refractivity contribution >= 4 is 5.91 Å². The van der Waals surface area contributed by atoms with Crippen molar-refractivity contribution in [1.29, 1.82) is 0 Å². The van der Waals surface area contributed by atoms with E-state index in [1.54, 1.807) is 0 Å². The fraction of sp³-hybridized carbons (Fsp3) is 0.533. The van der Waals surface area contributed by atoms with Gasteiger partial charge in [0.25, 0.3) is 0 Å². The highest BCUT2D eigenvalue weighted by molar-refractivity contribution is 5.78. The van der Waals surface area contributed by atoms with E-state index in [0.29, 0.717) is 6.54 Å². The van der Waals surface area contributed by atoms with Gasteiger partial charge in [-0.25, -0.2) is 8.78 Å². The molecule has 1 saturated heterocycles. The standard InChI is InChI=1S/C15H21F2N3O/c16-13-3-2-12(14(17)11-13)10-15(21)19-4-1-7-20-8-5-18-6-9-20/h2-3,11,18H,1,4-10H2,(H,19,21). The van der Waals surface area contributed by atoms with Crippen LogP contribution in [0.15, 0.2) is 18.2 Å². The first-order valence-corrected chi connectivity index (χ1v) is 7.29. The van der Waals surface area contributed by atoms with Crippen LogP contribution < -0.4 is 10.6 Å². The zero-order valence-electron chi connectivity index (χ0n) is 12.0. The minimum atomic E-state index is -0.675. The van der Waals surface area contributed by atoms with Gasteiger partial charge in [-0.2, -0.15) is 0 Å². The summed E-state index contributed by atoms with van der Waals surface area (Å²) >= 11 is 0. The number of piperazine rings is 1. The van der Waals surface area contributed by atoms with Gasteiger partial charge in [-0.3, -0.25) is 4.79 Å². The molecule has 0 aromatic heterocycles. The van der Waals surface area contributed by atoms with E-state index in [9.17, 15) is 13.6 Å². The molecule has 0 unspecified atom stereocenters. The topological polar surface area (TPSA) is 44.4 Å². The van der Waals surface area contributed by atoms with Crippen molar-refractivity contribution in [2.45, 2.75) is 12.8 Å². The predicted octanol–water partition coefficient (Wildman–Crippen LogP) is 0.919. The smallest absolute Gasteiger partial charge is 0.224 e. The summed E-state index contributed by atoms with van der Waals surface area (Å²) in [5.41, 5.74) is 0.219. The normalized spacial score (nSPS) is 15.9. The highest BCUT2D eigenvalue weighted by Gasteiger charge is 2.10. The molecule has 4 nitrogen and oxygen atoms in total. The lowest BCUT2D eigenvalue weighted by Crippen LogP contribution is -2.44. The Morgan fingerprint density at radius 2 is 2.05 bits per heavy atom. The Bertz CT molecular complexity index is 476. The molecule has 1 amide bonds. The highest BCUT2D eigenvalue weighted by atomic mass is 19.1. The number of benzene rings is 1. The molecule has 1 fully saturated rings. The fourth-order valence-corrected chi connectivity index (χ4v) is 2.37. The summed E-state index contributed by atoms with van der Waals surface area (Å²) in [6.45, 7) is 5.62. The molecule has 1 heterocycles. The van der Waals surface area contributed by atoms with Crippen LogP contribution in [0.4, 0.5) is 8.78 Å². The van der Waals surface area contributed by atoms with Crippen molar-refractivity contribution in [3.8, 4) is 0 Å². The Labute approximate surface area is 123 Å². The number of nitrogens with one attached hydrogen (secondary N) is 2. The summed E-state index contributed by atoms with van der Waals surface area (Å²) in [6, 6.07) is 3.27. The molecule has 0 saturated carbocycles. The first kappa shape index (κ1) is 15.9. The predicted molar refractivity (Wildman–Crippen MR) is 77.0 cm³/mol. The molecule has 21 heavy (non-hydrogen) atoms. The molecular formula is C15H21F2N3O. The van der Waals surface area contributed by atoms with Gasteiger partial charge in [0.2, 0.25) is 5.91 Å². The molecule has 2 rings (SSSR count). The van der Waals surface area contributed by atoms with E-state index in [4.69, 9.17) is 0 Å². The summed E-state index contributed by atoms with van der Waals surface area (Å²) in [5, 5.41) is 6.06. The molecule has 0 atom stereocenters. The van der Waals surface area contributed by atoms with E-state index in [2.05, 4.69) is 15.5 Å². The first-order valence-electron chi connectivity index (χ1n) is 7.29. The molecule has 116 valence electrons. The summed E-state index contributed by atoms with van der Waals surface area (Å²) in [4.78, 5) is 14.1. The quantitative estimate of drug-likeness (QED) is 0.768. The van der Waals surface area contributed by atoms with Crippen molar-refractivity contribution in [2.75, 3.05) is 39.3 Å². The average molecular weight is 297 g/mol. The molecule has 1 aliphatic rings. The van der Waals surface area contributed by atoms with E-state index < -0.39 is 11.6 Å². The van der Waals surface area contributed by atoms with Crippen LogP contribution in [0.1, 0.15) is 12.0 Å². The molecule has 0 spiro atoms. The lowest BCUT2D eigenvalue weighted by molar-refractivity contribution is -0.120. The Morgan fingerprint density at radius 3 is 2.76 bits per heavy atom. The average Bonchev–Trinajstić information content (AvgIpc) is 2.48. The summed E-state index contributed by atoms with van der Waals surface area (Å²) in [7, 11) is 0. The molecule has 2 N–H and O–H groups in total. The second-order valence-corrected chi connectivity index (χ2v) is 5.21. The van der Waals surface area contributed by atoms with E-state index >= 15 is 0 Å². The van der Waals surface area contributed by atoms with Crippen LogP contribution in [-0.4, -0.2) is 50.1 Å². The molecule has 1 aliphatic heterocycles. The van der Waals surface area contributed by atoms with Gasteiger partial charge < -0.3 is 15.5 Å². The summed E-state index contributed by atoms with van der Waals surface area (Å²) in [6.07, 6.45) is 0.817. The Kier molecular flexibility index (Phi) is 6.07. The maximum atomic E-state index is 13.4. The van der Waals surface area contributed by atoms with Gasteiger partial charge >= 0.3 is 0 Å². The number of hydrogen-bond acceptors (Lipinski definition) is 3. The van der Waals surface area contributed by atoms with Crippen LogP contribution in [-0.2, 0) is 11.2 Å². The zero-order chi connectivity index (χ0) is 15.1. The van der Waals surface area contributed by atoms with Gasteiger partial charge in [0, 0.05) is 38.8 Å². The third-order valence-electron chi connectivity index (χ3n) is 3.55. The maximum absolute atomic E-state index is 13.4. The Balaban J connectivity index is 1.65. The van der Waals surface area contributed by atoms with Crippen molar-refractivity contribution in [1.82, 2.24) is 15.5 Å². The van der Waals surface area contributed by atoms with Crippen LogP contribution in [0.3, 0.4) is 0 Å². The van der Waals surface area contributed by atoms with Gasteiger partial charge in [0.1, 0.15) is 11.6 Å². The van der Waals surface area contributed by atoms with Crippen LogP contribution >= 0.6 is 0 Å². The number of carbonyl (C=O) groups excluding carboxylic acids is 1. The third kappa shape index (κ3) is 5.40. The van der Waals surface area contributed by atoms with E-state index in [1.165, 1.54) is 6.07 Å². The van der Waals surface area contributed by atoms with Crippen molar-refractivity contribution in [2.24, 2.45) is 0 Å². The molecule has 1 aromatic carbocycles. The number of rotatable bonds is 6. The van der Waals surface area contributed by atoms with Crippen molar-refractivity contribution in [3.05, 3.63) is 35.4 Å². The van der Waals surface area contributed by atoms with Crippen LogP contribution in [0.2, 0.25) is 0 Å². The molecule has 6 heteroatoms. The number of hydrogen-bond donors (Lipinski definition) is 2. The SMILES string of the molecule is O=C(Cc1ccc(F)cc1F)NCCCN1CCNCC1. The second kappa shape index (κ2) is 8.05. The number of halogens is 2. The lowest BCUT2D eigenvalue weighted by atomic mass is 10.1. The lowest BCUT2D eigenvalue weighted by Gasteiger charge is -2.27. The van der Waals surface area contributed by atoms with Crippen molar-refractivity contribution < 1.29 is 13.6 Å². The van der Waals surface area contributed by atoms with Crippen LogP contribution in [0.5, 0.6) is 0 Å². The number of nitrogens with zero attached hydrogens (tertiary/aromatic N) is 1. The van der Waals surface area contributed by atoms with Gasteiger partial charge in [0.05, 0.1) is 6.42 Å². The Morgan fingerprint density at radius 1 is 1.29 bits per heavy atom. The van der Waals surface area contributed by atoms with Crippen molar-refractivity contribution in [3.63, 3.8) is 0 Å². The maximum Gasteiger partial charge on any atom is 0.224 e. The van der Waals surface area contributed by atoms with Gasteiger partial charge in [-0.1, -0.05) is 6.07 Å². The fourth-order valence-electron chi connectivity index (χ4n) is 2.37.